The lowest BCUT2D eigenvalue weighted by molar-refractivity contribution is 0.161. The van der Waals surface area contributed by atoms with Crippen molar-refractivity contribution in [3.63, 3.8) is 0 Å². The van der Waals surface area contributed by atoms with Crippen molar-refractivity contribution >= 4 is 0 Å². The predicted molar refractivity (Wildman–Crippen MR) is 71.8 cm³/mol. The zero-order valence-corrected chi connectivity index (χ0v) is 11.5. The van der Waals surface area contributed by atoms with Gasteiger partial charge in [0.25, 0.3) is 0 Å². The molecule has 2 unspecified atom stereocenters. The number of hydrogen-bond acceptors (Lipinski definition) is 2. The number of nitrogens with one attached hydrogen (secondary N) is 1. The van der Waals surface area contributed by atoms with E-state index < -0.39 is 0 Å². The van der Waals surface area contributed by atoms with Gasteiger partial charge >= 0.3 is 0 Å². The average Bonchev–Trinajstić information content (AvgIpc) is 2.28. The van der Waals surface area contributed by atoms with Crippen LogP contribution in [0.2, 0.25) is 0 Å². The van der Waals surface area contributed by atoms with Crippen LogP contribution in [0.5, 0.6) is 0 Å². The van der Waals surface area contributed by atoms with E-state index in [0.717, 1.165) is 12.0 Å². The second-order valence-corrected chi connectivity index (χ2v) is 5.57. The fourth-order valence-corrected chi connectivity index (χ4v) is 2.82. The summed E-state index contributed by atoms with van der Waals surface area (Å²) in [6.07, 6.45) is 9.80. The van der Waals surface area contributed by atoms with Crippen molar-refractivity contribution < 1.29 is 0 Å². The third-order valence-electron chi connectivity index (χ3n) is 3.97. The minimum absolute atomic E-state index is 0.869. The van der Waals surface area contributed by atoms with E-state index in [9.17, 15) is 0 Å². The van der Waals surface area contributed by atoms with Crippen LogP contribution < -0.4 is 5.32 Å². The van der Waals surface area contributed by atoms with E-state index in [1.54, 1.807) is 0 Å². The zero-order valence-electron chi connectivity index (χ0n) is 11.5. The monoisotopic (exact) mass is 226 g/mol. The van der Waals surface area contributed by atoms with Gasteiger partial charge in [-0.25, -0.2) is 0 Å². The first-order valence-corrected chi connectivity index (χ1v) is 7.09. The molecule has 2 heteroatoms. The van der Waals surface area contributed by atoms with Gasteiger partial charge in [-0.1, -0.05) is 26.2 Å². The molecule has 0 bridgehead atoms. The van der Waals surface area contributed by atoms with Crippen LogP contribution in [0.3, 0.4) is 0 Å². The molecule has 1 rings (SSSR count). The van der Waals surface area contributed by atoms with Crippen molar-refractivity contribution in [3.05, 3.63) is 0 Å². The first-order chi connectivity index (χ1) is 7.74. The molecule has 0 spiro atoms. The Kier molecular flexibility index (Phi) is 7.06. The summed E-state index contributed by atoms with van der Waals surface area (Å²) in [5, 5.41) is 3.21. The summed E-state index contributed by atoms with van der Waals surface area (Å²) in [7, 11) is 4.36. The van der Waals surface area contributed by atoms with Crippen LogP contribution in [0, 0.1) is 5.92 Å². The van der Waals surface area contributed by atoms with Crippen molar-refractivity contribution in [1.82, 2.24) is 10.2 Å². The minimum Gasteiger partial charge on any atom is -0.320 e. The highest BCUT2D eigenvalue weighted by molar-refractivity contribution is 4.76. The molecule has 2 atom stereocenters. The molecule has 1 fully saturated rings. The predicted octanol–water partition coefficient (Wildman–Crippen LogP) is 2.89. The van der Waals surface area contributed by atoms with Crippen LogP contribution in [0.4, 0.5) is 0 Å². The van der Waals surface area contributed by atoms with Gasteiger partial charge in [0.05, 0.1) is 0 Å². The van der Waals surface area contributed by atoms with Gasteiger partial charge in [-0.3, -0.25) is 0 Å². The highest BCUT2D eigenvalue weighted by atomic mass is 15.1. The van der Waals surface area contributed by atoms with Crippen molar-refractivity contribution in [2.75, 3.05) is 27.2 Å². The van der Waals surface area contributed by atoms with Gasteiger partial charge < -0.3 is 10.2 Å². The summed E-state index contributed by atoms with van der Waals surface area (Å²) >= 11 is 0. The maximum absolute atomic E-state index is 3.21. The molecule has 0 amide bonds. The molecule has 0 radical (unpaired) electrons. The molecule has 0 saturated heterocycles. The van der Waals surface area contributed by atoms with Gasteiger partial charge in [-0.05, 0) is 58.8 Å². The maximum Gasteiger partial charge on any atom is 0.00947 e. The van der Waals surface area contributed by atoms with E-state index in [1.807, 2.05) is 7.05 Å². The lowest BCUT2D eigenvalue weighted by atomic mass is 9.86. The summed E-state index contributed by atoms with van der Waals surface area (Å²) < 4.78 is 0. The van der Waals surface area contributed by atoms with E-state index in [2.05, 4.69) is 24.2 Å². The van der Waals surface area contributed by atoms with Crippen LogP contribution in [0.25, 0.3) is 0 Å². The van der Waals surface area contributed by atoms with E-state index in [1.165, 1.54) is 58.0 Å². The van der Waals surface area contributed by atoms with E-state index in [-0.39, 0.29) is 0 Å². The highest BCUT2D eigenvalue weighted by Gasteiger charge is 2.21. The molecule has 1 saturated carbocycles. The molecule has 0 aromatic rings. The third-order valence-corrected chi connectivity index (χ3v) is 3.97. The number of nitrogens with zero attached hydrogens (tertiary/aromatic N) is 1. The quantitative estimate of drug-likeness (QED) is 0.672. The Morgan fingerprint density at radius 2 is 2.00 bits per heavy atom. The van der Waals surface area contributed by atoms with Crippen molar-refractivity contribution in [3.8, 4) is 0 Å². The number of hydrogen-bond donors (Lipinski definition) is 1. The smallest absolute Gasteiger partial charge is 0.00947 e. The molecular formula is C14H30N2. The first-order valence-electron chi connectivity index (χ1n) is 7.09. The Balaban J connectivity index is 2.06. The first kappa shape index (κ1) is 14.0. The topological polar surface area (TPSA) is 15.3 Å². The van der Waals surface area contributed by atoms with E-state index in [4.69, 9.17) is 0 Å². The van der Waals surface area contributed by atoms with Crippen molar-refractivity contribution in [2.45, 2.75) is 57.9 Å². The molecule has 0 heterocycles. The van der Waals surface area contributed by atoms with Gasteiger partial charge in [0, 0.05) is 6.04 Å². The van der Waals surface area contributed by atoms with Crippen molar-refractivity contribution in [2.24, 2.45) is 5.92 Å². The summed E-state index contributed by atoms with van der Waals surface area (Å²) in [5.41, 5.74) is 0. The summed E-state index contributed by atoms with van der Waals surface area (Å²) in [5.74, 6) is 0.950. The number of unbranched alkanes of at least 4 members (excludes halogenated alkanes) is 2. The molecule has 2 nitrogen and oxygen atoms in total. The Labute approximate surface area is 102 Å². The van der Waals surface area contributed by atoms with Gasteiger partial charge in [0.1, 0.15) is 0 Å². The molecular weight excluding hydrogens is 196 g/mol. The largest absolute Gasteiger partial charge is 0.320 e. The average molecular weight is 226 g/mol. The van der Waals surface area contributed by atoms with Crippen LogP contribution in [-0.4, -0.2) is 38.1 Å². The Hall–Kier alpha value is -0.0800. The highest BCUT2D eigenvalue weighted by Crippen LogP contribution is 2.26. The molecule has 16 heavy (non-hydrogen) atoms. The molecule has 0 aromatic carbocycles. The Morgan fingerprint density at radius 1 is 1.19 bits per heavy atom. The molecule has 0 aliphatic heterocycles. The zero-order chi connectivity index (χ0) is 11.8. The van der Waals surface area contributed by atoms with Gasteiger partial charge in [0.2, 0.25) is 0 Å². The van der Waals surface area contributed by atoms with E-state index >= 15 is 0 Å². The number of rotatable bonds is 7. The fourth-order valence-electron chi connectivity index (χ4n) is 2.82. The lowest BCUT2D eigenvalue weighted by Crippen LogP contribution is -2.36. The van der Waals surface area contributed by atoms with Crippen LogP contribution in [-0.2, 0) is 0 Å². The van der Waals surface area contributed by atoms with Gasteiger partial charge in [-0.2, -0.15) is 0 Å². The van der Waals surface area contributed by atoms with E-state index in [0.29, 0.717) is 0 Å². The minimum atomic E-state index is 0.869. The second-order valence-electron chi connectivity index (χ2n) is 5.57. The van der Waals surface area contributed by atoms with Crippen LogP contribution in [0.15, 0.2) is 0 Å². The van der Waals surface area contributed by atoms with Gasteiger partial charge in [0.15, 0.2) is 0 Å². The summed E-state index contributed by atoms with van der Waals surface area (Å²) in [4.78, 5) is 2.61. The standard InChI is InChI=1S/C14H30N2/c1-13-8-7-9-14(12-13)16(3)11-6-4-5-10-15-2/h13-15H,4-12H2,1-3H3. The SMILES string of the molecule is CNCCCCCN(C)C1CCCC(C)C1. The summed E-state index contributed by atoms with van der Waals surface area (Å²) in [6, 6.07) is 0.869. The summed E-state index contributed by atoms with van der Waals surface area (Å²) in [6.45, 7) is 4.87. The Morgan fingerprint density at radius 3 is 2.69 bits per heavy atom. The molecule has 1 N–H and O–H groups in total. The molecule has 1 aliphatic carbocycles. The second kappa shape index (κ2) is 8.08. The van der Waals surface area contributed by atoms with Crippen LogP contribution >= 0.6 is 0 Å². The normalized spacial score (nSPS) is 26.2. The Bertz CT molecular complexity index is 170. The molecule has 0 aromatic heterocycles. The van der Waals surface area contributed by atoms with Gasteiger partial charge in [-0.15, -0.1) is 0 Å². The maximum atomic E-state index is 3.21. The lowest BCUT2D eigenvalue weighted by Gasteiger charge is -2.34. The van der Waals surface area contributed by atoms with Crippen molar-refractivity contribution in [1.29, 1.82) is 0 Å². The fraction of sp³-hybridized carbons (Fsp3) is 1.00. The van der Waals surface area contributed by atoms with Crippen LogP contribution in [0.1, 0.15) is 51.9 Å². The molecule has 1 aliphatic rings. The molecule has 96 valence electrons. The third kappa shape index (κ3) is 5.31.